The molecular formula is C10H12N2O3S. The fraction of sp³-hybridized carbons (Fsp3) is 0.500. The van der Waals surface area contributed by atoms with E-state index in [0.717, 1.165) is 6.42 Å². The standard InChI is InChI=1S/C10H12N2O3S/c13-9(8-11-3-5-16-8)12-4-1-2-7(6-12)10(14)15/h3,5,7H,1-2,4,6H2,(H,14,15). The molecule has 6 heteroatoms. The number of aliphatic carboxylic acids is 1. The number of amides is 1. The number of likely N-dealkylation sites (tertiary alicyclic amines) is 1. The summed E-state index contributed by atoms with van der Waals surface area (Å²) in [5.41, 5.74) is 0. The Kier molecular flexibility index (Phi) is 3.19. The summed E-state index contributed by atoms with van der Waals surface area (Å²) in [6.45, 7) is 0.927. The maximum Gasteiger partial charge on any atom is 0.308 e. The summed E-state index contributed by atoms with van der Waals surface area (Å²) in [7, 11) is 0. The van der Waals surface area contributed by atoms with Gasteiger partial charge in [-0.25, -0.2) is 4.98 Å². The van der Waals surface area contributed by atoms with Crippen LogP contribution in [0, 0.1) is 5.92 Å². The van der Waals surface area contributed by atoms with Crippen molar-refractivity contribution in [2.45, 2.75) is 12.8 Å². The fourth-order valence-electron chi connectivity index (χ4n) is 1.83. The van der Waals surface area contributed by atoms with Crippen molar-refractivity contribution in [3.8, 4) is 0 Å². The molecule has 1 amide bonds. The van der Waals surface area contributed by atoms with Crippen LogP contribution in [0.1, 0.15) is 22.6 Å². The highest BCUT2D eigenvalue weighted by Gasteiger charge is 2.29. The lowest BCUT2D eigenvalue weighted by atomic mass is 9.98. The number of thiazole rings is 1. The topological polar surface area (TPSA) is 70.5 Å². The van der Waals surface area contributed by atoms with Crippen LogP contribution in [0.15, 0.2) is 11.6 Å². The zero-order valence-electron chi connectivity index (χ0n) is 8.63. The van der Waals surface area contributed by atoms with Crippen molar-refractivity contribution in [3.05, 3.63) is 16.6 Å². The highest BCUT2D eigenvalue weighted by Crippen LogP contribution is 2.19. The highest BCUT2D eigenvalue weighted by molar-refractivity contribution is 7.11. The van der Waals surface area contributed by atoms with Gasteiger partial charge in [-0.1, -0.05) is 0 Å². The lowest BCUT2D eigenvalue weighted by Gasteiger charge is -2.29. The molecule has 0 saturated carbocycles. The molecule has 0 aliphatic carbocycles. The molecule has 86 valence electrons. The Morgan fingerprint density at radius 1 is 1.56 bits per heavy atom. The van der Waals surface area contributed by atoms with Crippen molar-refractivity contribution >= 4 is 23.2 Å². The monoisotopic (exact) mass is 240 g/mol. The first-order valence-electron chi connectivity index (χ1n) is 5.10. The molecule has 0 radical (unpaired) electrons. The maximum atomic E-state index is 11.9. The van der Waals surface area contributed by atoms with Gasteiger partial charge in [-0.05, 0) is 12.8 Å². The van der Waals surface area contributed by atoms with E-state index in [1.165, 1.54) is 11.3 Å². The quantitative estimate of drug-likeness (QED) is 0.839. The summed E-state index contributed by atoms with van der Waals surface area (Å²) in [6.07, 6.45) is 2.97. The largest absolute Gasteiger partial charge is 0.481 e. The van der Waals surface area contributed by atoms with Crippen LogP contribution < -0.4 is 0 Å². The van der Waals surface area contributed by atoms with Crippen molar-refractivity contribution < 1.29 is 14.7 Å². The Hall–Kier alpha value is -1.43. The zero-order chi connectivity index (χ0) is 11.5. The number of carbonyl (C=O) groups excluding carboxylic acids is 1. The van der Waals surface area contributed by atoms with E-state index in [1.807, 2.05) is 0 Å². The van der Waals surface area contributed by atoms with Gasteiger partial charge in [-0.3, -0.25) is 9.59 Å². The minimum Gasteiger partial charge on any atom is -0.481 e. The number of nitrogens with zero attached hydrogens (tertiary/aromatic N) is 2. The second-order valence-corrected chi connectivity index (χ2v) is 4.66. The van der Waals surface area contributed by atoms with Crippen LogP contribution in [0.2, 0.25) is 0 Å². The van der Waals surface area contributed by atoms with Gasteiger partial charge in [-0.15, -0.1) is 11.3 Å². The lowest BCUT2D eigenvalue weighted by molar-refractivity contribution is -0.143. The molecule has 1 atom stereocenters. The van der Waals surface area contributed by atoms with Crippen molar-refractivity contribution in [2.24, 2.45) is 5.92 Å². The first-order valence-corrected chi connectivity index (χ1v) is 5.98. The number of hydrogen-bond donors (Lipinski definition) is 1. The summed E-state index contributed by atoms with van der Waals surface area (Å²) in [5.74, 6) is -1.41. The molecule has 1 fully saturated rings. The summed E-state index contributed by atoms with van der Waals surface area (Å²) in [5, 5.41) is 11.1. The van der Waals surface area contributed by atoms with Gasteiger partial charge in [-0.2, -0.15) is 0 Å². The third-order valence-corrected chi connectivity index (χ3v) is 3.43. The third-order valence-electron chi connectivity index (χ3n) is 2.67. The van der Waals surface area contributed by atoms with Gasteiger partial charge >= 0.3 is 5.97 Å². The van der Waals surface area contributed by atoms with E-state index in [9.17, 15) is 9.59 Å². The van der Waals surface area contributed by atoms with E-state index in [0.29, 0.717) is 24.5 Å². The van der Waals surface area contributed by atoms with Gasteiger partial charge in [0, 0.05) is 24.7 Å². The molecule has 1 aromatic rings. The molecule has 2 heterocycles. The maximum absolute atomic E-state index is 11.9. The molecule has 1 saturated heterocycles. The van der Waals surface area contributed by atoms with Crippen LogP contribution in [0.3, 0.4) is 0 Å². The van der Waals surface area contributed by atoms with Crippen LogP contribution in [-0.2, 0) is 4.79 Å². The summed E-state index contributed by atoms with van der Waals surface area (Å²) in [4.78, 5) is 28.3. The highest BCUT2D eigenvalue weighted by atomic mass is 32.1. The number of rotatable bonds is 2. The molecule has 0 bridgehead atoms. The number of hydrogen-bond acceptors (Lipinski definition) is 4. The van der Waals surface area contributed by atoms with E-state index in [2.05, 4.69) is 4.98 Å². The van der Waals surface area contributed by atoms with Gasteiger partial charge in [0.15, 0.2) is 5.01 Å². The van der Waals surface area contributed by atoms with Crippen LogP contribution in [0.5, 0.6) is 0 Å². The Morgan fingerprint density at radius 3 is 3.00 bits per heavy atom. The smallest absolute Gasteiger partial charge is 0.308 e. The van der Waals surface area contributed by atoms with Crippen LogP contribution in [0.25, 0.3) is 0 Å². The van der Waals surface area contributed by atoms with Crippen molar-refractivity contribution in [1.29, 1.82) is 0 Å². The van der Waals surface area contributed by atoms with E-state index >= 15 is 0 Å². The average Bonchev–Trinajstić information content (AvgIpc) is 2.81. The van der Waals surface area contributed by atoms with E-state index in [-0.39, 0.29) is 5.91 Å². The molecule has 0 aromatic carbocycles. The van der Waals surface area contributed by atoms with E-state index in [1.54, 1.807) is 16.5 Å². The molecule has 16 heavy (non-hydrogen) atoms. The number of piperidine rings is 1. The number of carbonyl (C=O) groups is 2. The van der Waals surface area contributed by atoms with Gasteiger partial charge < -0.3 is 10.0 Å². The molecule has 1 N–H and O–H groups in total. The van der Waals surface area contributed by atoms with Gasteiger partial charge in [0.25, 0.3) is 5.91 Å². The summed E-state index contributed by atoms with van der Waals surface area (Å²) in [6, 6.07) is 0. The molecule has 0 spiro atoms. The van der Waals surface area contributed by atoms with Crippen molar-refractivity contribution in [3.63, 3.8) is 0 Å². The van der Waals surface area contributed by atoms with E-state index in [4.69, 9.17) is 5.11 Å². The normalized spacial score (nSPS) is 20.8. The zero-order valence-corrected chi connectivity index (χ0v) is 9.44. The lowest BCUT2D eigenvalue weighted by Crippen LogP contribution is -2.42. The Labute approximate surface area is 96.7 Å². The molecule has 2 rings (SSSR count). The second-order valence-electron chi connectivity index (χ2n) is 3.77. The molecule has 1 aliphatic heterocycles. The number of carboxylic acids is 1. The molecule has 5 nitrogen and oxygen atoms in total. The van der Waals surface area contributed by atoms with Crippen LogP contribution in [0.4, 0.5) is 0 Å². The predicted octanol–water partition coefficient (Wildman–Crippen LogP) is 1.08. The Balaban J connectivity index is 2.05. The van der Waals surface area contributed by atoms with Gasteiger partial charge in [0.2, 0.25) is 0 Å². The van der Waals surface area contributed by atoms with Crippen LogP contribution in [-0.4, -0.2) is 40.0 Å². The fourth-order valence-corrected chi connectivity index (χ4v) is 2.43. The molecule has 1 aromatic heterocycles. The van der Waals surface area contributed by atoms with Gasteiger partial charge in [0.05, 0.1) is 5.92 Å². The third kappa shape index (κ3) is 2.21. The summed E-state index contributed by atoms with van der Waals surface area (Å²) < 4.78 is 0. The number of aromatic nitrogens is 1. The Bertz CT molecular complexity index is 391. The summed E-state index contributed by atoms with van der Waals surface area (Å²) >= 11 is 1.28. The first kappa shape index (κ1) is 11.1. The van der Waals surface area contributed by atoms with E-state index < -0.39 is 11.9 Å². The minimum atomic E-state index is -0.823. The molecule has 1 unspecified atom stereocenters. The van der Waals surface area contributed by atoms with Crippen molar-refractivity contribution in [2.75, 3.05) is 13.1 Å². The minimum absolute atomic E-state index is 0.152. The Morgan fingerprint density at radius 2 is 2.38 bits per heavy atom. The molecular weight excluding hydrogens is 228 g/mol. The average molecular weight is 240 g/mol. The first-order chi connectivity index (χ1) is 7.68. The second kappa shape index (κ2) is 4.61. The predicted molar refractivity (Wildman–Crippen MR) is 58.4 cm³/mol. The van der Waals surface area contributed by atoms with Crippen LogP contribution >= 0.6 is 11.3 Å². The van der Waals surface area contributed by atoms with Gasteiger partial charge in [0.1, 0.15) is 0 Å². The molecule has 1 aliphatic rings. The SMILES string of the molecule is O=C(O)C1CCCN(C(=O)c2nccs2)C1. The number of carboxylic acid groups (broad SMARTS) is 1. The van der Waals surface area contributed by atoms with Crippen molar-refractivity contribution in [1.82, 2.24) is 9.88 Å².